The number of rotatable bonds is 3. The van der Waals surface area contributed by atoms with Crippen molar-refractivity contribution in [2.24, 2.45) is 16.7 Å². The average molecular weight is 266 g/mol. The van der Waals surface area contributed by atoms with E-state index in [1.807, 2.05) is 0 Å². The van der Waals surface area contributed by atoms with Gasteiger partial charge in [0.15, 0.2) is 0 Å². The van der Waals surface area contributed by atoms with Crippen LogP contribution in [-0.2, 0) is 14.3 Å². The minimum atomic E-state index is -0.791. The highest BCUT2D eigenvalue weighted by atomic mass is 16.5. The van der Waals surface area contributed by atoms with Crippen molar-refractivity contribution in [3.05, 3.63) is 11.6 Å². The number of allylic oxidation sites excluding steroid dienone is 1. The molecule has 0 amide bonds. The maximum absolute atomic E-state index is 11.6. The molecule has 1 aliphatic heterocycles. The first-order valence-corrected chi connectivity index (χ1v) is 6.82. The molecular formula is C15H22O4. The number of cyclic esters (lactones) is 1. The van der Waals surface area contributed by atoms with E-state index in [9.17, 15) is 9.59 Å². The van der Waals surface area contributed by atoms with E-state index in [0.717, 1.165) is 12.0 Å². The molecule has 0 unspecified atom stereocenters. The molecule has 4 heteroatoms. The summed E-state index contributed by atoms with van der Waals surface area (Å²) in [5.74, 6) is -0.604. The minimum absolute atomic E-state index is 0.0788. The third-order valence-corrected chi connectivity index (χ3v) is 4.51. The molecule has 0 aromatic carbocycles. The van der Waals surface area contributed by atoms with Crippen molar-refractivity contribution in [1.29, 1.82) is 0 Å². The summed E-state index contributed by atoms with van der Waals surface area (Å²) in [6.45, 7) is 6.95. The number of esters is 1. The summed E-state index contributed by atoms with van der Waals surface area (Å²) >= 11 is 0. The Balaban J connectivity index is 2.25. The second kappa shape index (κ2) is 4.66. The van der Waals surface area contributed by atoms with Crippen LogP contribution >= 0.6 is 0 Å². The summed E-state index contributed by atoms with van der Waals surface area (Å²) in [6.07, 6.45) is 4.10. The van der Waals surface area contributed by atoms with E-state index in [1.54, 1.807) is 0 Å². The van der Waals surface area contributed by atoms with Gasteiger partial charge in [-0.05, 0) is 24.2 Å². The molecule has 0 radical (unpaired) electrons. The molecule has 0 saturated carbocycles. The number of hydrogen-bond donors (Lipinski definition) is 1. The molecular weight excluding hydrogens is 244 g/mol. The second-order valence-corrected chi connectivity index (χ2v) is 6.77. The summed E-state index contributed by atoms with van der Waals surface area (Å²) in [5, 5.41) is 8.86. The smallest absolute Gasteiger partial charge is 0.306 e. The summed E-state index contributed by atoms with van der Waals surface area (Å²) in [7, 11) is 0. The Morgan fingerprint density at radius 3 is 2.68 bits per heavy atom. The van der Waals surface area contributed by atoms with Gasteiger partial charge in [-0.15, -0.1) is 0 Å². The minimum Gasteiger partial charge on any atom is -0.481 e. The zero-order chi connectivity index (χ0) is 14.3. The summed E-state index contributed by atoms with van der Waals surface area (Å²) in [6, 6.07) is 0. The van der Waals surface area contributed by atoms with Crippen molar-refractivity contribution in [3.63, 3.8) is 0 Å². The van der Waals surface area contributed by atoms with Crippen LogP contribution in [0.4, 0.5) is 0 Å². The van der Waals surface area contributed by atoms with Crippen molar-refractivity contribution < 1.29 is 19.4 Å². The van der Waals surface area contributed by atoms with Gasteiger partial charge in [0, 0.05) is 11.8 Å². The monoisotopic (exact) mass is 266 g/mol. The van der Waals surface area contributed by atoms with E-state index in [0.29, 0.717) is 25.4 Å². The molecule has 0 aromatic rings. The zero-order valence-electron chi connectivity index (χ0n) is 11.9. The Labute approximate surface area is 113 Å². The number of aliphatic carboxylic acids is 1. The normalized spacial score (nSPS) is 30.6. The molecule has 0 aromatic heterocycles. The Kier molecular flexibility index (Phi) is 3.45. The van der Waals surface area contributed by atoms with Crippen LogP contribution in [0.3, 0.4) is 0 Å². The molecule has 1 heterocycles. The standard InChI is InChI=1S/C15H22O4/c1-14(2,3)11-6-4-10(5-7-12(16)17)15(11)8-13(18)19-9-15/h4,11H,5-9H2,1-3H3,(H,16,17)/t11-,15+/m0/s1. The van der Waals surface area contributed by atoms with Crippen LogP contribution < -0.4 is 0 Å². The van der Waals surface area contributed by atoms with E-state index in [2.05, 4.69) is 26.8 Å². The van der Waals surface area contributed by atoms with Crippen molar-refractivity contribution in [3.8, 4) is 0 Å². The fourth-order valence-electron chi connectivity index (χ4n) is 3.69. The van der Waals surface area contributed by atoms with Crippen molar-refractivity contribution in [1.82, 2.24) is 0 Å². The van der Waals surface area contributed by atoms with Gasteiger partial charge in [-0.2, -0.15) is 0 Å². The lowest BCUT2D eigenvalue weighted by molar-refractivity contribution is -0.138. The molecule has 2 rings (SSSR count). The fraction of sp³-hybridized carbons (Fsp3) is 0.733. The molecule has 1 fully saturated rings. The summed E-state index contributed by atoms with van der Waals surface area (Å²) in [5.41, 5.74) is 0.931. The first kappa shape index (κ1) is 14.1. The first-order valence-electron chi connectivity index (χ1n) is 6.82. The summed E-state index contributed by atoms with van der Waals surface area (Å²) < 4.78 is 5.23. The lowest BCUT2D eigenvalue weighted by Crippen LogP contribution is -2.37. The maximum Gasteiger partial charge on any atom is 0.306 e. The van der Waals surface area contributed by atoms with Crippen LogP contribution in [0.5, 0.6) is 0 Å². The van der Waals surface area contributed by atoms with Crippen molar-refractivity contribution >= 4 is 11.9 Å². The number of hydrogen-bond acceptors (Lipinski definition) is 3. The number of carboxylic acids is 1. The number of carboxylic acid groups (broad SMARTS) is 1. The van der Waals surface area contributed by atoms with E-state index >= 15 is 0 Å². The lowest BCUT2D eigenvalue weighted by atomic mass is 9.62. The third-order valence-electron chi connectivity index (χ3n) is 4.51. The lowest BCUT2D eigenvalue weighted by Gasteiger charge is -2.40. The van der Waals surface area contributed by atoms with Gasteiger partial charge in [0.1, 0.15) is 6.61 Å². The molecule has 4 nitrogen and oxygen atoms in total. The van der Waals surface area contributed by atoms with Gasteiger partial charge in [0.05, 0.1) is 6.42 Å². The average Bonchev–Trinajstić information content (AvgIpc) is 2.80. The van der Waals surface area contributed by atoms with Crippen LogP contribution in [0.15, 0.2) is 11.6 Å². The topological polar surface area (TPSA) is 63.6 Å². The molecule has 1 spiro atoms. The van der Waals surface area contributed by atoms with Gasteiger partial charge in [-0.1, -0.05) is 32.4 Å². The van der Waals surface area contributed by atoms with E-state index < -0.39 is 5.97 Å². The summed E-state index contributed by atoms with van der Waals surface area (Å²) in [4.78, 5) is 22.4. The van der Waals surface area contributed by atoms with Crippen LogP contribution in [0, 0.1) is 16.7 Å². The number of carbonyl (C=O) groups is 2. The third kappa shape index (κ3) is 2.53. The highest BCUT2D eigenvalue weighted by Gasteiger charge is 2.54. The highest BCUT2D eigenvalue weighted by molar-refractivity contribution is 5.74. The van der Waals surface area contributed by atoms with Crippen LogP contribution in [0.1, 0.15) is 46.5 Å². The fourth-order valence-corrected chi connectivity index (χ4v) is 3.69. The van der Waals surface area contributed by atoms with Gasteiger partial charge in [-0.3, -0.25) is 9.59 Å². The molecule has 0 bridgehead atoms. The Hall–Kier alpha value is -1.32. The molecule has 106 valence electrons. The molecule has 2 atom stereocenters. The van der Waals surface area contributed by atoms with Crippen molar-refractivity contribution in [2.75, 3.05) is 6.61 Å². The Bertz CT molecular complexity index is 430. The van der Waals surface area contributed by atoms with Crippen molar-refractivity contribution in [2.45, 2.75) is 46.5 Å². The second-order valence-electron chi connectivity index (χ2n) is 6.77. The number of carbonyl (C=O) groups excluding carboxylic acids is 1. The Morgan fingerprint density at radius 1 is 1.53 bits per heavy atom. The zero-order valence-corrected chi connectivity index (χ0v) is 11.9. The SMILES string of the molecule is CC(C)(C)[C@@H]1CC=C(CCC(=O)O)[C@@]12COC(=O)C2. The molecule has 1 N–H and O–H groups in total. The van der Waals surface area contributed by atoms with E-state index in [4.69, 9.17) is 9.84 Å². The maximum atomic E-state index is 11.6. The molecule has 1 aliphatic carbocycles. The van der Waals surface area contributed by atoms with Gasteiger partial charge in [-0.25, -0.2) is 0 Å². The van der Waals surface area contributed by atoms with Crippen LogP contribution in [-0.4, -0.2) is 23.7 Å². The predicted molar refractivity (Wildman–Crippen MR) is 70.5 cm³/mol. The van der Waals surface area contributed by atoms with E-state index in [-0.39, 0.29) is 23.2 Å². The Morgan fingerprint density at radius 2 is 2.21 bits per heavy atom. The molecule has 19 heavy (non-hydrogen) atoms. The molecule has 2 aliphatic rings. The quantitative estimate of drug-likeness (QED) is 0.630. The first-order chi connectivity index (χ1) is 8.75. The van der Waals surface area contributed by atoms with Crippen LogP contribution in [0.25, 0.3) is 0 Å². The molecule has 1 saturated heterocycles. The van der Waals surface area contributed by atoms with Gasteiger partial charge >= 0.3 is 11.9 Å². The van der Waals surface area contributed by atoms with Gasteiger partial charge in [0.25, 0.3) is 0 Å². The van der Waals surface area contributed by atoms with Crippen LogP contribution in [0.2, 0.25) is 0 Å². The van der Waals surface area contributed by atoms with E-state index in [1.165, 1.54) is 0 Å². The number of ether oxygens (including phenoxy) is 1. The van der Waals surface area contributed by atoms with Gasteiger partial charge < -0.3 is 9.84 Å². The highest BCUT2D eigenvalue weighted by Crippen LogP contribution is 2.57. The largest absolute Gasteiger partial charge is 0.481 e. The van der Waals surface area contributed by atoms with Gasteiger partial charge in [0.2, 0.25) is 0 Å². The predicted octanol–water partition coefficient (Wildman–Crippen LogP) is 2.78.